The average molecular weight is 323 g/mol. The number of pyridine rings is 1. The van der Waals surface area contributed by atoms with Crippen molar-refractivity contribution in [2.45, 2.75) is 12.5 Å². The van der Waals surface area contributed by atoms with E-state index in [1.54, 1.807) is 24.3 Å². The first-order valence-electron chi connectivity index (χ1n) is 6.47. The monoisotopic (exact) mass is 322 g/mol. The molecule has 2 N–H and O–H groups in total. The van der Waals surface area contributed by atoms with E-state index in [-0.39, 0.29) is 12.3 Å². The fraction of sp³-hybridized carbons (Fsp3) is 0.267. The van der Waals surface area contributed by atoms with Crippen LogP contribution in [0.2, 0.25) is 5.02 Å². The van der Waals surface area contributed by atoms with Crippen molar-refractivity contribution in [3.63, 3.8) is 0 Å². The number of nitrogens with zero attached hydrogens (tertiary/aromatic N) is 1. The van der Waals surface area contributed by atoms with Gasteiger partial charge in [0.1, 0.15) is 5.69 Å². The Hall–Kier alpha value is -2.18. The number of amides is 1. The van der Waals surface area contributed by atoms with Crippen molar-refractivity contribution < 1.29 is 19.4 Å². The van der Waals surface area contributed by atoms with Gasteiger partial charge in [-0.1, -0.05) is 23.7 Å². The van der Waals surface area contributed by atoms with Crippen LogP contribution in [0.1, 0.15) is 17.4 Å². The molecule has 1 amide bonds. The molecule has 0 radical (unpaired) electrons. The maximum Gasteiger partial charge on any atom is 0.331 e. The Bertz CT molecular complexity index is 735. The van der Waals surface area contributed by atoms with Crippen LogP contribution in [0, 0.1) is 0 Å². The van der Waals surface area contributed by atoms with Gasteiger partial charge in [0.05, 0.1) is 12.1 Å². The second-order valence-corrected chi connectivity index (χ2v) is 5.49. The quantitative estimate of drug-likeness (QED) is 0.880. The molecular formula is C15H15ClN2O4. The molecule has 0 aliphatic carbocycles. The summed E-state index contributed by atoms with van der Waals surface area (Å²) in [5, 5.41) is 13.0. The summed E-state index contributed by atoms with van der Waals surface area (Å²) in [5.41, 5.74) is -0.862. The van der Waals surface area contributed by atoms with E-state index in [2.05, 4.69) is 10.3 Å². The molecule has 0 spiro atoms. The molecule has 6 nitrogen and oxygen atoms in total. The molecule has 0 saturated carbocycles. The van der Waals surface area contributed by atoms with E-state index in [4.69, 9.17) is 16.3 Å². The summed E-state index contributed by atoms with van der Waals surface area (Å²) >= 11 is 5.91. The number of fused-ring (bicyclic) bond motifs is 1. The number of methoxy groups -OCH3 is 1. The Labute approximate surface area is 132 Å². The third kappa shape index (κ3) is 3.35. The zero-order valence-electron chi connectivity index (χ0n) is 12.1. The van der Waals surface area contributed by atoms with Gasteiger partial charge in [0.25, 0.3) is 5.91 Å². The van der Waals surface area contributed by atoms with Crippen molar-refractivity contribution in [1.29, 1.82) is 0 Å². The third-order valence-corrected chi connectivity index (χ3v) is 3.42. The van der Waals surface area contributed by atoms with Gasteiger partial charge in [0.2, 0.25) is 0 Å². The number of nitrogens with one attached hydrogen (secondary N) is 1. The first-order chi connectivity index (χ1) is 10.4. The van der Waals surface area contributed by atoms with Crippen LogP contribution in [-0.4, -0.2) is 41.2 Å². The molecule has 2 rings (SSSR count). The fourth-order valence-corrected chi connectivity index (χ4v) is 2.14. The predicted octanol–water partition coefficient (Wildman–Crippen LogP) is 2.11. The number of benzene rings is 1. The number of carboxylic acids is 1. The summed E-state index contributed by atoms with van der Waals surface area (Å²) in [7, 11) is 1.36. The Kier molecular flexibility index (Phi) is 4.63. The van der Waals surface area contributed by atoms with Crippen LogP contribution in [0.3, 0.4) is 0 Å². The van der Waals surface area contributed by atoms with Gasteiger partial charge >= 0.3 is 5.97 Å². The molecule has 22 heavy (non-hydrogen) atoms. The third-order valence-electron chi connectivity index (χ3n) is 3.18. The highest BCUT2D eigenvalue weighted by Crippen LogP contribution is 2.18. The Morgan fingerprint density at radius 3 is 2.68 bits per heavy atom. The van der Waals surface area contributed by atoms with Gasteiger partial charge in [0, 0.05) is 17.5 Å². The molecule has 1 atom stereocenters. The number of carboxylic acid groups (broad SMARTS) is 1. The number of halogens is 1. The van der Waals surface area contributed by atoms with Crippen molar-refractivity contribution >= 4 is 34.4 Å². The fourth-order valence-electron chi connectivity index (χ4n) is 1.97. The standard InChI is InChI=1S/C15H15ClN2O4/c1-15(8-22-2,14(20)21)18-13(19)11-6-4-9-3-5-10(16)7-12(9)17-11/h3-7H,8H2,1-2H3,(H,18,19)(H,20,21). The van der Waals surface area contributed by atoms with E-state index < -0.39 is 17.4 Å². The van der Waals surface area contributed by atoms with Crippen LogP contribution in [0.5, 0.6) is 0 Å². The van der Waals surface area contributed by atoms with Crippen molar-refractivity contribution in [3.8, 4) is 0 Å². The molecule has 0 aliphatic rings. The molecule has 1 heterocycles. The molecular weight excluding hydrogens is 308 g/mol. The van der Waals surface area contributed by atoms with Crippen molar-refractivity contribution in [3.05, 3.63) is 41.0 Å². The number of rotatable bonds is 5. The van der Waals surface area contributed by atoms with Crippen molar-refractivity contribution in [2.75, 3.05) is 13.7 Å². The van der Waals surface area contributed by atoms with Crippen LogP contribution in [0.4, 0.5) is 0 Å². The molecule has 0 fully saturated rings. The molecule has 116 valence electrons. The number of ether oxygens (including phenoxy) is 1. The van der Waals surface area contributed by atoms with Gasteiger partial charge in [-0.15, -0.1) is 0 Å². The van der Waals surface area contributed by atoms with Gasteiger partial charge < -0.3 is 15.2 Å². The Morgan fingerprint density at radius 1 is 1.36 bits per heavy atom. The molecule has 0 aliphatic heterocycles. The number of carbonyl (C=O) groups is 2. The van der Waals surface area contributed by atoms with E-state index in [0.717, 1.165) is 5.39 Å². The maximum absolute atomic E-state index is 12.2. The van der Waals surface area contributed by atoms with E-state index in [0.29, 0.717) is 10.5 Å². The Balaban J connectivity index is 2.31. The van der Waals surface area contributed by atoms with Crippen LogP contribution < -0.4 is 5.32 Å². The zero-order valence-corrected chi connectivity index (χ0v) is 12.8. The summed E-state index contributed by atoms with van der Waals surface area (Å²) in [6.45, 7) is 1.21. The lowest BCUT2D eigenvalue weighted by Crippen LogP contribution is -2.55. The summed E-state index contributed by atoms with van der Waals surface area (Å²) in [4.78, 5) is 27.8. The number of hydrogen-bond acceptors (Lipinski definition) is 4. The molecule has 1 aromatic carbocycles. The molecule has 0 saturated heterocycles. The van der Waals surface area contributed by atoms with Gasteiger partial charge in [-0.25, -0.2) is 9.78 Å². The minimum absolute atomic E-state index is 0.110. The normalized spacial score (nSPS) is 13.6. The molecule has 1 unspecified atom stereocenters. The maximum atomic E-state index is 12.2. The molecule has 0 bridgehead atoms. The lowest BCUT2D eigenvalue weighted by molar-refractivity contribution is -0.145. The number of aliphatic carboxylic acids is 1. The first-order valence-corrected chi connectivity index (χ1v) is 6.85. The van der Waals surface area contributed by atoms with E-state index in [9.17, 15) is 14.7 Å². The van der Waals surface area contributed by atoms with E-state index in [1.807, 2.05) is 0 Å². The van der Waals surface area contributed by atoms with E-state index in [1.165, 1.54) is 20.1 Å². The van der Waals surface area contributed by atoms with Crippen molar-refractivity contribution in [2.24, 2.45) is 0 Å². The second kappa shape index (κ2) is 6.29. The topological polar surface area (TPSA) is 88.5 Å². The largest absolute Gasteiger partial charge is 0.479 e. The highest BCUT2D eigenvalue weighted by molar-refractivity contribution is 6.31. The second-order valence-electron chi connectivity index (χ2n) is 5.06. The summed E-state index contributed by atoms with van der Waals surface area (Å²) < 4.78 is 4.86. The molecule has 7 heteroatoms. The number of hydrogen-bond donors (Lipinski definition) is 2. The summed E-state index contributed by atoms with van der Waals surface area (Å²) in [6, 6.07) is 8.41. The average Bonchev–Trinajstić information content (AvgIpc) is 2.46. The summed E-state index contributed by atoms with van der Waals surface area (Å²) in [5.74, 6) is -1.78. The van der Waals surface area contributed by atoms with Gasteiger partial charge in [0.15, 0.2) is 5.54 Å². The van der Waals surface area contributed by atoms with Crippen LogP contribution in [0.15, 0.2) is 30.3 Å². The Morgan fingerprint density at radius 2 is 2.05 bits per heavy atom. The highest BCUT2D eigenvalue weighted by atomic mass is 35.5. The SMILES string of the molecule is COCC(C)(NC(=O)c1ccc2ccc(Cl)cc2n1)C(=O)O. The lowest BCUT2D eigenvalue weighted by atomic mass is 10.0. The first kappa shape index (κ1) is 16.2. The molecule has 1 aromatic heterocycles. The van der Waals surface area contributed by atoms with Crippen molar-refractivity contribution in [1.82, 2.24) is 10.3 Å². The van der Waals surface area contributed by atoms with Crippen LogP contribution in [-0.2, 0) is 9.53 Å². The predicted molar refractivity (Wildman–Crippen MR) is 82.1 cm³/mol. The van der Waals surface area contributed by atoms with Gasteiger partial charge in [-0.05, 0) is 25.1 Å². The van der Waals surface area contributed by atoms with Gasteiger partial charge in [-0.2, -0.15) is 0 Å². The summed E-state index contributed by atoms with van der Waals surface area (Å²) in [6.07, 6.45) is 0. The van der Waals surface area contributed by atoms with Crippen LogP contribution in [0.25, 0.3) is 10.9 Å². The van der Waals surface area contributed by atoms with Gasteiger partial charge in [-0.3, -0.25) is 4.79 Å². The lowest BCUT2D eigenvalue weighted by Gasteiger charge is -2.25. The number of carbonyl (C=O) groups excluding carboxylic acids is 1. The smallest absolute Gasteiger partial charge is 0.331 e. The minimum atomic E-state index is -1.53. The molecule has 2 aromatic rings. The zero-order chi connectivity index (χ0) is 16.3. The highest BCUT2D eigenvalue weighted by Gasteiger charge is 2.35. The van der Waals surface area contributed by atoms with Crippen LogP contribution >= 0.6 is 11.6 Å². The van der Waals surface area contributed by atoms with E-state index >= 15 is 0 Å². The number of aromatic nitrogens is 1. The minimum Gasteiger partial charge on any atom is -0.479 e.